The van der Waals surface area contributed by atoms with Crippen molar-refractivity contribution in [3.63, 3.8) is 0 Å². The van der Waals surface area contributed by atoms with Gasteiger partial charge in [0.25, 0.3) is 5.91 Å². The van der Waals surface area contributed by atoms with Gasteiger partial charge in [0.15, 0.2) is 5.75 Å². The summed E-state index contributed by atoms with van der Waals surface area (Å²) in [5.74, 6) is 0.628. The zero-order valence-corrected chi connectivity index (χ0v) is 29.0. The molecule has 2 heterocycles. The largest absolute Gasteiger partial charge is 0.380 e. The highest BCUT2D eigenvalue weighted by Gasteiger charge is 2.41. The molecule has 5 N–H and O–H groups in total. The average molecular weight is 686 g/mol. The molecule has 4 aromatic rings. The lowest BCUT2D eigenvalue weighted by molar-refractivity contribution is -0.135. The fourth-order valence-corrected chi connectivity index (χ4v) is 6.27. The fraction of sp³-hybridized carbons (Fsp3) is 0.368. The Balaban J connectivity index is 0.000000172. The molecule has 1 aliphatic carbocycles. The first-order valence-corrected chi connectivity index (χ1v) is 17.7. The molecular formula is C38H47N5O5S. The van der Waals surface area contributed by atoms with Gasteiger partial charge in [-0.05, 0) is 86.9 Å². The van der Waals surface area contributed by atoms with Crippen LogP contribution in [0.25, 0.3) is 10.2 Å². The molecule has 3 atom stereocenters. The Kier molecular flexibility index (Phi) is 14.5. The monoisotopic (exact) mass is 685 g/mol. The number of hydrogen-bond acceptors (Lipinski definition) is 7. The number of rotatable bonds is 12. The first kappa shape index (κ1) is 36.9. The van der Waals surface area contributed by atoms with Crippen molar-refractivity contribution in [3.05, 3.63) is 106 Å². The van der Waals surface area contributed by atoms with Crippen molar-refractivity contribution in [2.45, 2.75) is 64.8 Å². The third-order valence-electron chi connectivity index (χ3n) is 8.24. The second-order valence-electron chi connectivity index (χ2n) is 12.2. The molecule has 10 nitrogen and oxygen atoms in total. The highest BCUT2D eigenvalue weighted by Crippen LogP contribution is 2.40. The van der Waals surface area contributed by atoms with Gasteiger partial charge in [-0.2, -0.15) is 5.48 Å². The third-order valence-corrected chi connectivity index (χ3v) is 9.09. The minimum atomic E-state index is -0.435. The zero-order valence-electron chi connectivity index (χ0n) is 28.2. The first-order valence-electron chi connectivity index (χ1n) is 16.9. The van der Waals surface area contributed by atoms with Gasteiger partial charge < -0.3 is 25.8 Å². The number of fused-ring (bicyclic) bond motifs is 1. The summed E-state index contributed by atoms with van der Waals surface area (Å²) in [4.78, 5) is 55.5. The van der Waals surface area contributed by atoms with Crippen LogP contribution in [0.5, 0.6) is 5.75 Å². The molecule has 3 amide bonds. The van der Waals surface area contributed by atoms with Gasteiger partial charge in [-0.3, -0.25) is 19.2 Å². The van der Waals surface area contributed by atoms with E-state index in [1.807, 2.05) is 85.8 Å². The number of benzene rings is 3. The van der Waals surface area contributed by atoms with E-state index in [2.05, 4.69) is 34.9 Å². The number of aryl methyl sites for hydroxylation is 1. The smallest absolute Gasteiger partial charge is 0.305 e. The Bertz CT molecular complexity index is 1720. The molecule has 0 bridgehead atoms. The van der Waals surface area contributed by atoms with E-state index in [0.29, 0.717) is 24.6 Å². The molecule has 3 unspecified atom stereocenters. The fourth-order valence-electron chi connectivity index (χ4n) is 5.43. The van der Waals surface area contributed by atoms with E-state index in [4.69, 9.17) is 10.6 Å². The van der Waals surface area contributed by atoms with Gasteiger partial charge in [0.2, 0.25) is 11.8 Å². The van der Waals surface area contributed by atoms with E-state index in [1.54, 1.807) is 4.90 Å². The van der Waals surface area contributed by atoms with E-state index in [1.165, 1.54) is 36.2 Å². The van der Waals surface area contributed by atoms with Crippen LogP contribution in [0.2, 0.25) is 0 Å². The number of H-pyrrole nitrogens is 1. The lowest BCUT2D eigenvalue weighted by Crippen LogP contribution is -2.45. The minimum Gasteiger partial charge on any atom is -0.380 e. The SMILES string of the molecule is CCCCC/C=C\C1CC1C(=O)NOc1ccccc1.Cc1ccc2[nH]c(=O)sc2c1.NC(=O)C1CCCN1C(=O)CNc1ccccc1. The standard InChI is InChI=1S/C17H23NO2.C13H17N3O2.C8H7NOS/c1-2-3-4-5-7-10-14-13-16(14)17(19)18-20-15-11-8-6-9-12-15;14-13(18)11-7-4-8-16(11)12(17)9-15-10-5-2-1-3-6-10;1-5-2-3-6-7(4-5)11-8(10)9-6/h6-12,14,16H,2-5,13H2,1H3,(H,18,19);1-3,5-6,11,15H,4,7-9H2,(H2,14,18);2-4H,1H3,(H,9,10)/b10-7-;;. The topological polar surface area (TPSA) is 147 Å². The summed E-state index contributed by atoms with van der Waals surface area (Å²) < 4.78 is 1.04. The number of anilines is 1. The number of aromatic nitrogens is 1. The Morgan fingerprint density at radius 2 is 1.78 bits per heavy atom. The van der Waals surface area contributed by atoms with Crippen LogP contribution in [-0.2, 0) is 14.4 Å². The van der Waals surface area contributed by atoms with Gasteiger partial charge in [0.1, 0.15) is 6.04 Å². The summed E-state index contributed by atoms with van der Waals surface area (Å²) in [5.41, 5.74) is 10.8. The molecule has 3 aromatic carbocycles. The van der Waals surface area contributed by atoms with Crippen molar-refractivity contribution in [1.29, 1.82) is 0 Å². The number of nitrogens with two attached hydrogens (primary N) is 1. The first-order chi connectivity index (χ1) is 23.7. The Morgan fingerprint density at radius 3 is 2.49 bits per heavy atom. The van der Waals surface area contributed by atoms with E-state index in [-0.39, 0.29) is 29.1 Å². The van der Waals surface area contributed by atoms with Crippen molar-refractivity contribution >= 4 is 45.0 Å². The molecule has 260 valence electrons. The average Bonchev–Trinajstić information content (AvgIpc) is 3.52. The zero-order chi connectivity index (χ0) is 35.0. The van der Waals surface area contributed by atoms with Crippen molar-refractivity contribution in [2.24, 2.45) is 17.6 Å². The van der Waals surface area contributed by atoms with Gasteiger partial charge in [-0.1, -0.05) is 85.7 Å². The Labute approximate surface area is 291 Å². The number of allylic oxidation sites excluding steroid dienone is 2. The molecule has 49 heavy (non-hydrogen) atoms. The molecular weight excluding hydrogens is 639 g/mol. The number of hydroxylamine groups is 1. The summed E-state index contributed by atoms with van der Waals surface area (Å²) in [6, 6.07) is 24.3. The summed E-state index contributed by atoms with van der Waals surface area (Å²) in [6.45, 7) is 5.03. The number of carbonyl (C=O) groups is 3. The van der Waals surface area contributed by atoms with Crippen molar-refractivity contribution in [3.8, 4) is 5.75 Å². The molecule has 2 aliphatic rings. The molecule has 0 spiro atoms. The number of carbonyl (C=O) groups excluding carboxylic acids is 3. The Morgan fingerprint density at radius 1 is 1.04 bits per heavy atom. The molecule has 1 saturated carbocycles. The summed E-state index contributed by atoms with van der Waals surface area (Å²) in [7, 11) is 0. The van der Waals surface area contributed by atoms with E-state index in [0.717, 1.165) is 35.2 Å². The van der Waals surface area contributed by atoms with Crippen LogP contribution in [0.3, 0.4) is 0 Å². The molecule has 1 saturated heterocycles. The number of likely N-dealkylation sites (tertiary alicyclic amines) is 1. The number of thiazole rings is 1. The Hall–Kier alpha value is -4.90. The van der Waals surface area contributed by atoms with E-state index >= 15 is 0 Å². The summed E-state index contributed by atoms with van der Waals surface area (Å²) >= 11 is 1.26. The predicted molar refractivity (Wildman–Crippen MR) is 196 cm³/mol. The van der Waals surface area contributed by atoms with Crippen LogP contribution in [0.1, 0.15) is 57.4 Å². The molecule has 2 fully saturated rings. The van der Waals surface area contributed by atoms with Gasteiger partial charge >= 0.3 is 4.87 Å². The van der Waals surface area contributed by atoms with Gasteiger partial charge in [0, 0.05) is 18.2 Å². The molecule has 1 aromatic heterocycles. The van der Waals surface area contributed by atoms with Crippen LogP contribution < -0.4 is 26.2 Å². The highest BCUT2D eigenvalue weighted by molar-refractivity contribution is 7.16. The van der Waals surface area contributed by atoms with Gasteiger partial charge in [-0.15, -0.1) is 0 Å². The number of nitrogens with one attached hydrogen (secondary N) is 3. The highest BCUT2D eigenvalue weighted by atomic mass is 32.1. The van der Waals surface area contributed by atoms with Crippen LogP contribution in [0.15, 0.2) is 95.8 Å². The third kappa shape index (κ3) is 12.2. The molecule has 0 radical (unpaired) electrons. The van der Waals surface area contributed by atoms with Crippen molar-refractivity contribution in [2.75, 3.05) is 18.4 Å². The second kappa shape index (κ2) is 19.2. The maximum Gasteiger partial charge on any atom is 0.305 e. The number of nitrogens with zero attached hydrogens (tertiary/aromatic N) is 1. The van der Waals surface area contributed by atoms with E-state index in [9.17, 15) is 19.2 Å². The lowest BCUT2D eigenvalue weighted by Gasteiger charge is -2.22. The van der Waals surface area contributed by atoms with Crippen LogP contribution in [-0.4, -0.2) is 46.7 Å². The number of hydrogen-bond donors (Lipinski definition) is 4. The van der Waals surface area contributed by atoms with Gasteiger partial charge in [-0.25, -0.2) is 0 Å². The van der Waals surface area contributed by atoms with Crippen LogP contribution in [0.4, 0.5) is 5.69 Å². The van der Waals surface area contributed by atoms with Crippen LogP contribution >= 0.6 is 11.3 Å². The predicted octanol–water partition coefficient (Wildman–Crippen LogP) is 6.34. The summed E-state index contributed by atoms with van der Waals surface area (Å²) in [5, 5.41) is 3.04. The number of unbranched alkanes of at least 4 members (excludes halogenated alkanes) is 3. The number of amides is 3. The lowest BCUT2D eigenvalue weighted by atomic mass is 10.2. The number of primary amides is 1. The maximum atomic E-state index is 12.0. The molecule has 11 heteroatoms. The van der Waals surface area contributed by atoms with Crippen molar-refractivity contribution < 1.29 is 19.2 Å². The molecule has 1 aliphatic heterocycles. The molecule has 6 rings (SSSR count). The normalized spacial score (nSPS) is 17.8. The van der Waals surface area contributed by atoms with Gasteiger partial charge in [0.05, 0.1) is 16.8 Å². The number of para-hydroxylation sites is 2. The quantitative estimate of drug-likeness (QED) is 0.0778. The minimum absolute atomic E-state index is 0.0166. The number of aromatic amines is 1. The summed E-state index contributed by atoms with van der Waals surface area (Å²) in [6.07, 6.45) is 11.7. The van der Waals surface area contributed by atoms with Crippen LogP contribution in [0, 0.1) is 18.8 Å². The second-order valence-corrected chi connectivity index (χ2v) is 13.2. The van der Waals surface area contributed by atoms with E-state index < -0.39 is 11.9 Å². The maximum absolute atomic E-state index is 12.0. The van der Waals surface area contributed by atoms with Crippen molar-refractivity contribution in [1.82, 2.24) is 15.4 Å².